The summed E-state index contributed by atoms with van der Waals surface area (Å²) in [6, 6.07) is 29.3. The van der Waals surface area contributed by atoms with Gasteiger partial charge < -0.3 is 33.5 Å². The molecule has 10 rings (SSSR count). The Morgan fingerprint density at radius 2 is 1.11 bits per heavy atom. The number of hydrogen-bond acceptors (Lipinski definition) is 7. The summed E-state index contributed by atoms with van der Waals surface area (Å²) in [6.45, 7) is 3.41. The topological polar surface area (TPSA) is 69.7 Å². The van der Waals surface area contributed by atoms with Crippen LogP contribution in [0.25, 0.3) is 0 Å². The number of anilines is 1. The summed E-state index contributed by atoms with van der Waals surface area (Å²) in [5.74, 6) is -5.92. The quantitative estimate of drug-likeness (QED) is 0.154. The van der Waals surface area contributed by atoms with Crippen molar-refractivity contribution in [3.8, 4) is 23.0 Å². The van der Waals surface area contributed by atoms with Crippen molar-refractivity contribution in [3.05, 3.63) is 183 Å². The van der Waals surface area contributed by atoms with Gasteiger partial charge in [0.05, 0.1) is 40.5 Å². The Morgan fingerprint density at radius 3 is 1.76 bits per heavy atom. The number of ether oxygens (including phenoxy) is 5. The lowest BCUT2D eigenvalue weighted by Crippen LogP contribution is -2.41. The molecule has 0 radical (unpaired) electrons. The van der Waals surface area contributed by atoms with Gasteiger partial charge in [0, 0.05) is 49.6 Å². The van der Waals surface area contributed by atoms with Crippen molar-refractivity contribution in [2.24, 2.45) is 0 Å². The standard InChI is InChI=1S/C24H20ClF2NO2.C24H18F3NO4/c25-21-14-18(27)8-10-20(21)24(16-4-6-17(26)7-5-16)29-22-11-9-19(15-23(22)30-24)28-12-2-1-3-13-28;25-18-7-3-1-5-16(18)24(17-6-2-4-8-19(17)26)31-21-13-15(20(27)14-22(21)32-24)23(29)28-9-11-30-12-10-28/h4-11,14-15H,1-3,12-13H2;1-8,13-14H,9-12H2. The second kappa shape index (κ2) is 16.9. The third-order valence-electron chi connectivity index (χ3n) is 11.2. The van der Waals surface area contributed by atoms with Crippen molar-refractivity contribution >= 4 is 23.2 Å². The van der Waals surface area contributed by atoms with Crippen molar-refractivity contribution in [1.82, 2.24) is 4.90 Å². The van der Waals surface area contributed by atoms with Crippen LogP contribution in [-0.2, 0) is 16.3 Å². The smallest absolute Gasteiger partial charge is 0.311 e. The molecule has 1 atom stereocenters. The average Bonchev–Trinajstić information content (AvgIpc) is 3.86. The Hall–Kier alpha value is -6.31. The lowest BCUT2D eigenvalue weighted by molar-refractivity contribution is -0.0515. The van der Waals surface area contributed by atoms with E-state index in [-0.39, 0.29) is 39.0 Å². The number of benzene rings is 6. The van der Waals surface area contributed by atoms with Gasteiger partial charge in [-0.25, -0.2) is 22.0 Å². The molecule has 4 aliphatic rings. The molecule has 6 aromatic rings. The predicted molar refractivity (Wildman–Crippen MR) is 220 cm³/mol. The molecule has 14 heteroatoms. The molecule has 0 aliphatic carbocycles. The van der Waals surface area contributed by atoms with Crippen LogP contribution in [-0.4, -0.2) is 50.2 Å². The van der Waals surface area contributed by atoms with Crippen molar-refractivity contribution in [1.29, 1.82) is 0 Å². The SMILES string of the molecule is Fc1ccc(C2(c3ccc(F)cc3Cl)Oc3ccc(N4CCCCC4)cc3O2)cc1.O=C(c1cc2c(cc1F)OC(c1ccccc1F)(c1ccccc1F)O2)N1CCOCC1. The molecule has 4 heterocycles. The molecular formula is C48H38ClF5N2O6. The van der Waals surface area contributed by atoms with E-state index in [1.807, 2.05) is 18.2 Å². The van der Waals surface area contributed by atoms with Crippen LogP contribution in [0.2, 0.25) is 5.02 Å². The maximum Gasteiger partial charge on any atom is 0.311 e. The van der Waals surface area contributed by atoms with Crippen LogP contribution < -0.4 is 23.8 Å². The molecule has 318 valence electrons. The second-order valence-electron chi connectivity index (χ2n) is 15.1. The number of fused-ring (bicyclic) bond motifs is 2. The van der Waals surface area contributed by atoms with Gasteiger partial charge in [-0.05, 0) is 104 Å². The summed E-state index contributed by atoms with van der Waals surface area (Å²) >= 11 is 6.39. The summed E-state index contributed by atoms with van der Waals surface area (Å²) in [4.78, 5) is 16.7. The molecule has 2 fully saturated rings. The van der Waals surface area contributed by atoms with Crippen LogP contribution in [0.4, 0.5) is 27.6 Å². The molecule has 6 aromatic carbocycles. The minimum absolute atomic E-state index is 0.00881. The van der Waals surface area contributed by atoms with Gasteiger partial charge in [0.1, 0.15) is 29.1 Å². The Kier molecular flexibility index (Phi) is 11.2. The first-order valence-electron chi connectivity index (χ1n) is 20.1. The highest BCUT2D eigenvalue weighted by Gasteiger charge is 2.50. The molecule has 2 saturated heterocycles. The van der Waals surface area contributed by atoms with Crippen molar-refractivity contribution in [3.63, 3.8) is 0 Å². The van der Waals surface area contributed by atoms with E-state index in [4.69, 9.17) is 35.3 Å². The number of amides is 1. The van der Waals surface area contributed by atoms with Crippen molar-refractivity contribution in [2.45, 2.75) is 30.8 Å². The van der Waals surface area contributed by atoms with Gasteiger partial charge in [0.15, 0.2) is 23.0 Å². The van der Waals surface area contributed by atoms with Gasteiger partial charge in [-0.15, -0.1) is 0 Å². The lowest BCUT2D eigenvalue weighted by Gasteiger charge is -2.29. The fraction of sp³-hybridized carbons (Fsp3) is 0.229. The van der Waals surface area contributed by atoms with Gasteiger partial charge in [-0.2, -0.15) is 0 Å². The largest absolute Gasteiger partial charge is 0.440 e. The highest BCUT2D eigenvalue weighted by Crippen LogP contribution is 2.52. The zero-order chi connectivity index (χ0) is 43.0. The minimum atomic E-state index is -2.02. The highest BCUT2D eigenvalue weighted by atomic mass is 35.5. The molecule has 0 saturated carbocycles. The van der Waals surface area contributed by atoms with Crippen molar-refractivity contribution < 1.29 is 50.4 Å². The average molecular weight is 869 g/mol. The first-order valence-corrected chi connectivity index (χ1v) is 20.5. The van der Waals surface area contributed by atoms with E-state index in [1.165, 1.54) is 90.9 Å². The van der Waals surface area contributed by atoms with Crippen LogP contribution in [0.5, 0.6) is 23.0 Å². The van der Waals surface area contributed by atoms with E-state index < -0.39 is 40.8 Å². The van der Waals surface area contributed by atoms with Gasteiger partial charge in [-0.3, -0.25) is 4.79 Å². The highest BCUT2D eigenvalue weighted by molar-refractivity contribution is 6.31. The Morgan fingerprint density at radius 1 is 0.532 bits per heavy atom. The van der Waals surface area contributed by atoms with Crippen molar-refractivity contribution in [2.75, 3.05) is 44.3 Å². The molecular weight excluding hydrogens is 831 g/mol. The monoisotopic (exact) mass is 868 g/mol. The van der Waals surface area contributed by atoms with E-state index in [1.54, 1.807) is 30.3 Å². The van der Waals surface area contributed by atoms with Crippen LogP contribution in [0.3, 0.4) is 0 Å². The molecule has 1 amide bonds. The number of nitrogens with zero attached hydrogens (tertiary/aromatic N) is 2. The van der Waals surface area contributed by atoms with Crippen LogP contribution >= 0.6 is 11.6 Å². The Balaban J connectivity index is 0.000000158. The fourth-order valence-electron chi connectivity index (χ4n) is 8.10. The van der Waals surface area contributed by atoms with E-state index in [0.29, 0.717) is 48.9 Å². The zero-order valence-electron chi connectivity index (χ0n) is 33.0. The Bertz CT molecular complexity index is 2590. The van der Waals surface area contributed by atoms with Gasteiger partial charge in [0.25, 0.3) is 5.91 Å². The summed E-state index contributed by atoms with van der Waals surface area (Å²) in [5, 5.41) is 0.170. The molecule has 0 N–H and O–H groups in total. The summed E-state index contributed by atoms with van der Waals surface area (Å²) < 4.78 is 102. The van der Waals surface area contributed by atoms with Crippen LogP contribution in [0.15, 0.2) is 121 Å². The van der Waals surface area contributed by atoms with E-state index >= 15 is 0 Å². The second-order valence-corrected chi connectivity index (χ2v) is 15.5. The number of hydrogen-bond donors (Lipinski definition) is 0. The van der Waals surface area contributed by atoms with E-state index in [2.05, 4.69) is 4.90 Å². The summed E-state index contributed by atoms with van der Waals surface area (Å²) in [5.41, 5.74) is 1.70. The van der Waals surface area contributed by atoms with Gasteiger partial charge in [-0.1, -0.05) is 35.9 Å². The maximum absolute atomic E-state index is 14.9. The van der Waals surface area contributed by atoms with E-state index in [9.17, 15) is 26.7 Å². The van der Waals surface area contributed by atoms with E-state index in [0.717, 1.165) is 24.8 Å². The molecule has 0 aromatic heterocycles. The number of piperidine rings is 1. The Labute approximate surface area is 358 Å². The molecule has 1 unspecified atom stereocenters. The molecule has 62 heavy (non-hydrogen) atoms. The molecule has 8 nitrogen and oxygen atoms in total. The number of morpholine rings is 1. The number of carbonyl (C=O) groups excluding carboxylic acids is 1. The normalized spacial score (nSPS) is 18.5. The first kappa shape index (κ1) is 41.1. The molecule has 0 bridgehead atoms. The van der Waals surface area contributed by atoms with Gasteiger partial charge in [0.2, 0.25) is 0 Å². The number of rotatable bonds is 6. The van der Waals surface area contributed by atoms with Gasteiger partial charge >= 0.3 is 11.6 Å². The van der Waals surface area contributed by atoms with Crippen LogP contribution in [0.1, 0.15) is 51.9 Å². The molecule has 4 aliphatic heterocycles. The van der Waals surface area contributed by atoms with Crippen LogP contribution in [0, 0.1) is 29.1 Å². The number of carbonyl (C=O) groups is 1. The molecule has 0 spiro atoms. The predicted octanol–water partition coefficient (Wildman–Crippen LogP) is 10.5. The summed E-state index contributed by atoms with van der Waals surface area (Å²) in [7, 11) is 0. The summed E-state index contributed by atoms with van der Waals surface area (Å²) in [6.07, 6.45) is 3.58. The maximum atomic E-state index is 14.9. The fourth-order valence-corrected chi connectivity index (χ4v) is 8.39. The third kappa shape index (κ3) is 7.64. The zero-order valence-corrected chi connectivity index (χ0v) is 33.8. The number of halogens is 6. The minimum Gasteiger partial charge on any atom is -0.440 e. The third-order valence-corrected chi connectivity index (χ3v) is 11.5. The lowest BCUT2D eigenvalue weighted by atomic mass is 9.96. The first-order chi connectivity index (χ1) is 30.0.